The molecule has 2 N–H and O–H groups in total. The van der Waals surface area contributed by atoms with E-state index in [0.717, 1.165) is 12.0 Å². The molecule has 0 unspecified atom stereocenters. The Balaban J connectivity index is 1.32. The summed E-state index contributed by atoms with van der Waals surface area (Å²) in [5.74, 6) is -2.33. The van der Waals surface area contributed by atoms with E-state index in [9.17, 15) is 14.7 Å². The van der Waals surface area contributed by atoms with Crippen LogP contribution in [0, 0.1) is 23.7 Å². The topological polar surface area (TPSA) is 84.2 Å². The largest absolute Gasteiger partial charge is 0.481 e. The lowest BCUT2D eigenvalue weighted by atomic mass is 9.82. The van der Waals surface area contributed by atoms with Crippen molar-refractivity contribution in [2.24, 2.45) is 23.7 Å². The number of hydrogen-bond donors (Lipinski definition) is 2. The van der Waals surface area contributed by atoms with E-state index in [4.69, 9.17) is 0 Å². The van der Waals surface area contributed by atoms with Gasteiger partial charge in [-0.3, -0.25) is 14.3 Å². The number of aliphatic carboxylic acids is 1. The van der Waals surface area contributed by atoms with Crippen molar-refractivity contribution < 1.29 is 14.7 Å². The van der Waals surface area contributed by atoms with Gasteiger partial charge in [-0.1, -0.05) is 54.6 Å². The van der Waals surface area contributed by atoms with Gasteiger partial charge in [0.15, 0.2) is 0 Å². The highest BCUT2D eigenvalue weighted by atomic mass is 16.4. The van der Waals surface area contributed by atoms with Gasteiger partial charge in [-0.05, 0) is 34.6 Å². The molecule has 146 valence electrons. The average molecular weight is 387 g/mol. The fraction of sp³-hybridized carbons (Fsp3) is 0.261. The zero-order chi connectivity index (χ0) is 20.0. The smallest absolute Gasteiger partial charge is 0.307 e. The Morgan fingerprint density at radius 3 is 2.66 bits per heavy atom. The molecule has 29 heavy (non-hydrogen) atoms. The molecule has 2 aromatic carbocycles. The molecule has 2 aliphatic rings. The highest BCUT2D eigenvalue weighted by Crippen LogP contribution is 2.48. The monoisotopic (exact) mass is 387 g/mol. The summed E-state index contributed by atoms with van der Waals surface area (Å²) >= 11 is 0. The number of fused-ring (bicyclic) bond motifs is 3. The summed E-state index contributed by atoms with van der Waals surface area (Å²) in [4.78, 5) is 24.5. The molecule has 6 nitrogen and oxygen atoms in total. The van der Waals surface area contributed by atoms with E-state index in [2.05, 4.69) is 34.7 Å². The molecule has 3 aromatic rings. The molecule has 1 amide bonds. The lowest BCUT2D eigenvalue weighted by Gasteiger charge is -2.23. The van der Waals surface area contributed by atoms with Crippen molar-refractivity contribution in [2.45, 2.75) is 13.0 Å². The van der Waals surface area contributed by atoms with Crippen LogP contribution in [0.5, 0.6) is 0 Å². The standard InChI is InChI=1S/C23H21N3O3/c27-22(20-15-8-9-16(10-15)21(20)23(28)29)25-18-11-24-26(13-18)12-17-6-3-5-14-4-1-2-7-19(14)17/h1-9,11,13,15-16,20-21H,10,12H2,(H,25,27)(H,28,29)/t15-,16+,20-,21+/m1/s1. The fourth-order valence-electron chi connectivity index (χ4n) is 4.86. The number of rotatable bonds is 5. The SMILES string of the molecule is O=C(O)[C@@H]1[C@H](C(=O)Nc2cnn(Cc3cccc4ccccc34)c2)[C@@H]2C=C[C@H]1C2. The van der Waals surface area contributed by atoms with E-state index < -0.39 is 17.8 Å². The van der Waals surface area contributed by atoms with E-state index in [1.54, 1.807) is 17.1 Å². The lowest BCUT2D eigenvalue weighted by molar-refractivity contribution is -0.146. The first-order valence-corrected chi connectivity index (χ1v) is 9.81. The van der Waals surface area contributed by atoms with Gasteiger partial charge in [0.25, 0.3) is 0 Å². The predicted octanol–water partition coefficient (Wildman–Crippen LogP) is 3.55. The fourth-order valence-corrected chi connectivity index (χ4v) is 4.86. The third-order valence-electron chi connectivity index (χ3n) is 6.16. The second-order valence-corrected chi connectivity index (χ2v) is 7.89. The van der Waals surface area contributed by atoms with Crippen LogP contribution >= 0.6 is 0 Å². The summed E-state index contributed by atoms with van der Waals surface area (Å²) < 4.78 is 1.78. The lowest BCUT2D eigenvalue weighted by Crippen LogP contribution is -2.36. The Kier molecular flexibility index (Phi) is 4.19. The number of allylic oxidation sites excluding steroid dienone is 2. The summed E-state index contributed by atoms with van der Waals surface area (Å²) in [5, 5.41) is 19.1. The molecule has 0 saturated heterocycles. The summed E-state index contributed by atoms with van der Waals surface area (Å²) in [5.41, 5.74) is 1.74. The maximum Gasteiger partial charge on any atom is 0.307 e. The Labute approximate surface area is 167 Å². The molecule has 0 aliphatic heterocycles. The number of carboxylic acids is 1. The van der Waals surface area contributed by atoms with Crippen molar-refractivity contribution in [3.05, 3.63) is 72.6 Å². The summed E-state index contributed by atoms with van der Waals surface area (Å²) in [7, 11) is 0. The van der Waals surface area contributed by atoms with Gasteiger partial charge in [-0.2, -0.15) is 5.10 Å². The van der Waals surface area contributed by atoms with Gasteiger partial charge < -0.3 is 10.4 Å². The first kappa shape index (κ1) is 17.7. The second-order valence-electron chi connectivity index (χ2n) is 7.89. The van der Waals surface area contributed by atoms with Crippen LogP contribution in [0.4, 0.5) is 5.69 Å². The van der Waals surface area contributed by atoms with Gasteiger partial charge in [0.1, 0.15) is 0 Å². The highest BCUT2D eigenvalue weighted by Gasteiger charge is 2.51. The first-order valence-electron chi connectivity index (χ1n) is 9.81. The number of carbonyl (C=O) groups excluding carboxylic acids is 1. The number of carboxylic acid groups (broad SMARTS) is 1. The summed E-state index contributed by atoms with van der Waals surface area (Å²) in [6.07, 6.45) is 8.07. The number of aromatic nitrogens is 2. The molecule has 1 aromatic heterocycles. The number of hydrogen-bond acceptors (Lipinski definition) is 3. The van der Waals surface area contributed by atoms with E-state index in [0.29, 0.717) is 12.2 Å². The van der Waals surface area contributed by atoms with Crippen LogP contribution in [-0.4, -0.2) is 26.8 Å². The molecule has 6 heteroatoms. The van der Waals surface area contributed by atoms with Gasteiger partial charge in [0, 0.05) is 6.20 Å². The maximum absolute atomic E-state index is 12.8. The minimum Gasteiger partial charge on any atom is -0.481 e. The molecular formula is C23H21N3O3. The number of benzene rings is 2. The molecule has 1 fully saturated rings. The summed E-state index contributed by atoms with van der Waals surface area (Å²) in [6.45, 7) is 0.589. The van der Waals surface area contributed by atoms with Crippen LogP contribution in [0.1, 0.15) is 12.0 Å². The third kappa shape index (κ3) is 3.10. The van der Waals surface area contributed by atoms with E-state index in [1.807, 2.05) is 30.4 Å². The molecule has 5 rings (SSSR count). The van der Waals surface area contributed by atoms with Crippen molar-refractivity contribution in [3.63, 3.8) is 0 Å². The van der Waals surface area contributed by atoms with Crippen molar-refractivity contribution in [3.8, 4) is 0 Å². The maximum atomic E-state index is 12.8. The zero-order valence-electron chi connectivity index (χ0n) is 15.7. The molecule has 2 aliphatic carbocycles. The third-order valence-corrected chi connectivity index (χ3v) is 6.16. The number of amides is 1. The molecular weight excluding hydrogens is 366 g/mol. The molecule has 1 saturated carbocycles. The van der Waals surface area contributed by atoms with Crippen LogP contribution in [0.25, 0.3) is 10.8 Å². The van der Waals surface area contributed by atoms with Crippen molar-refractivity contribution in [1.29, 1.82) is 0 Å². The predicted molar refractivity (Wildman–Crippen MR) is 109 cm³/mol. The number of nitrogens with one attached hydrogen (secondary N) is 1. The van der Waals surface area contributed by atoms with Gasteiger partial charge in [0.2, 0.25) is 5.91 Å². The molecule has 1 heterocycles. The average Bonchev–Trinajstić information content (AvgIpc) is 3.44. The second kappa shape index (κ2) is 6.88. The Hall–Kier alpha value is -3.41. The normalized spacial score (nSPS) is 24.8. The minimum atomic E-state index is -0.895. The Bertz CT molecular complexity index is 1130. The van der Waals surface area contributed by atoms with E-state index >= 15 is 0 Å². The van der Waals surface area contributed by atoms with Crippen LogP contribution < -0.4 is 5.32 Å². The van der Waals surface area contributed by atoms with Gasteiger partial charge in [-0.25, -0.2) is 0 Å². The molecule has 2 bridgehead atoms. The van der Waals surface area contributed by atoms with Gasteiger partial charge in [0.05, 0.1) is 30.3 Å². The van der Waals surface area contributed by atoms with Gasteiger partial charge >= 0.3 is 5.97 Å². The van der Waals surface area contributed by atoms with Crippen molar-refractivity contribution in [2.75, 3.05) is 5.32 Å². The van der Waals surface area contributed by atoms with Crippen LogP contribution in [0.15, 0.2) is 67.0 Å². The molecule has 0 spiro atoms. The Morgan fingerprint density at radius 1 is 1.07 bits per heavy atom. The number of nitrogens with zero attached hydrogens (tertiary/aromatic N) is 2. The quantitative estimate of drug-likeness (QED) is 0.656. The van der Waals surface area contributed by atoms with Crippen LogP contribution in [-0.2, 0) is 16.1 Å². The molecule has 0 radical (unpaired) electrons. The molecule has 4 atom stereocenters. The highest BCUT2D eigenvalue weighted by molar-refractivity contribution is 5.96. The van der Waals surface area contributed by atoms with Crippen molar-refractivity contribution >= 4 is 28.3 Å². The number of carbonyl (C=O) groups is 2. The van der Waals surface area contributed by atoms with Gasteiger partial charge in [-0.15, -0.1) is 0 Å². The summed E-state index contributed by atoms with van der Waals surface area (Å²) in [6, 6.07) is 14.4. The number of anilines is 1. The zero-order valence-corrected chi connectivity index (χ0v) is 15.7. The van der Waals surface area contributed by atoms with Crippen molar-refractivity contribution in [1.82, 2.24) is 9.78 Å². The van der Waals surface area contributed by atoms with Crippen LogP contribution in [0.2, 0.25) is 0 Å². The Morgan fingerprint density at radius 2 is 1.83 bits per heavy atom. The van der Waals surface area contributed by atoms with E-state index in [1.165, 1.54) is 10.8 Å². The van der Waals surface area contributed by atoms with E-state index in [-0.39, 0.29) is 17.7 Å². The van der Waals surface area contributed by atoms with Crippen LogP contribution in [0.3, 0.4) is 0 Å². The first-order chi connectivity index (χ1) is 14.1. The minimum absolute atomic E-state index is 0.00632.